The molecule has 0 spiro atoms. The first-order valence-corrected chi connectivity index (χ1v) is 11.4. The molecular formula is C21H28O5P+. The van der Waals surface area contributed by atoms with Crippen LogP contribution < -0.4 is 4.52 Å². The van der Waals surface area contributed by atoms with E-state index >= 15 is 0 Å². The molecule has 4 aliphatic carbocycles. The highest BCUT2D eigenvalue weighted by molar-refractivity contribution is 7.33. The van der Waals surface area contributed by atoms with Gasteiger partial charge in [-0.1, -0.05) is 18.2 Å². The molecule has 0 radical (unpaired) electrons. The van der Waals surface area contributed by atoms with E-state index in [-0.39, 0.29) is 0 Å². The fourth-order valence-electron chi connectivity index (χ4n) is 6.86. The number of rotatable bonds is 5. The van der Waals surface area contributed by atoms with Crippen molar-refractivity contribution in [2.75, 3.05) is 13.7 Å². The summed E-state index contributed by atoms with van der Waals surface area (Å²) in [4.78, 5) is 11.8. The summed E-state index contributed by atoms with van der Waals surface area (Å²) in [5, 5.41) is 0. The van der Waals surface area contributed by atoms with E-state index in [0.29, 0.717) is 30.1 Å². The highest BCUT2D eigenvalue weighted by Crippen LogP contribution is 2.63. The number of para-hydroxylation sites is 1. The van der Waals surface area contributed by atoms with Gasteiger partial charge >= 0.3 is 8.25 Å². The average molecular weight is 391 g/mol. The van der Waals surface area contributed by atoms with Crippen LogP contribution in [0.4, 0.5) is 0 Å². The SMILES string of the molecule is CO[P+](=O)Oc1ccccc1C1(C2C3CC4CC(C3)CC2C4)CCCOO1. The Morgan fingerprint density at radius 1 is 1.07 bits per heavy atom. The Labute approximate surface area is 161 Å². The van der Waals surface area contributed by atoms with Crippen LogP contribution in [-0.4, -0.2) is 13.7 Å². The Bertz CT molecular complexity index is 686. The van der Waals surface area contributed by atoms with Gasteiger partial charge in [0.1, 0.15) is 5.60 Å². The van der Waals surface area contributed by atoms with Crippen LogP contribution in [-0.2, 0) is 24.5 Å². The molecule has 5 nitrogen and oxygen atoms in total. The van der Waals surface area contributed by atoms with Gasteiger partial charge in [0.05, 0.1) is 13.7 Å². The minimum absolute atomic E-state index is 0.441. The lowest BCUT2D eigenvalue weighted by atomic mass is 9.47. The van der Waals surface area contributed by atoms with Crippen LogP contribution in [0.3, 0.4) is 0 Å². The first-order chi connectivity index (χ1) is 13.2. The van der Waals surface area contributed by atoms with E-state index in [1.807, 2.05) is 18.2 Å². The summed E-state index contributed by atoms with van der Waals surface area (Å²) in [6, 6.07) is 7.86. The van der Waals surface area contributed by atoms with Crippen molar-refractivity contribution in [2.24, 2.45) is 29.6 Å². The summed E-state index contributed by atoms with van der Waals surface area (Å²) in [7, 11) is -0.792. The van der Waals surface area contributed by atoms with Crippen LogP contribution >= 0.6 is 8.25 Å². The Kier molecular flexibility index (Phi) is 4.76. The summed E-state index contributed by atoms with van der Waals surface area (Å²) in [6.07, 6.45) is 8.59. The predicted octanol–water partition coefficient (Wildman–Crippen LogP) is 5.38. The molecule has 0 N–H and O–H groups in total. The molecule has 1 aromatic carbocycles. The summed E-state index contributed by atoms with van der Waals surface area (Å²) in [6.45, 7) is 0.629. The maximum Gasteiger partial charge on any atom is 0.749 e. The quantitative estimate of drug-likeness (QED) is 0.498. The molecule has 6 heteroatoms. The lowest BCUT2D eigenvalue weighted by Crippen LogP contribution is -2.55. The molecule has 1 saturated heterocycles. The third-order valence-electron chi connectivity index (χ3n) is 7.41. The first-order valence-electron chi connectivity index (χ1n) is 10.3. The van der Waals surface area contributed by atoms with Gasteiger partial charge in [-0.05, 0) is 74.7 Å². The Balaban J connectivity index is 1.57. The summed E-state index contributed by atoms with van der Waals surface area (Å²) >= 11 is 0. The van der Waals surface area contributed by atoms with Gasteiger partial charge in [0, 0.05) is 16.0 Å². The van der Waals surface area contributed by atoms with Gasteiger partial charge in [0.25, 0.3) is 0 Å². The first kappa shape index (κ1) is 18.1. The van der Waals surface area contributed by atoms with Crippen LogP contribution in [0.15, 0.2) is 24.3 Å². The zero-order valence-electron chi connectivity index (χ0n) is 15.8. The lowest BCUT2D eigenvalue weighted by Gasteiger charge is -2.59. The summed E-state index contributed by atoms with van der Waals surface area (Å²) in [5.74, 6) is 4.22. The molecule has 1 aliphatic heterocycles. The van der Waals surface area contributed by atoms with Gasteiger partial charge in [0.15, 0.2) is 5.75 Å². The Hall–Kier alpha value is -1.00. The maximum atomic E-state index is 12.0. The van der Waals surface area contributed by atoms with Crippen molar-refractivity contribution in [3.8, 4) is 5.75 Å². The van der Waals surface area contributed by atoms with Crippen molar-refractivity contribution < 1.29 is 23.4 Å². The van der Waals surface area contributed by atoms with E-state index in [1.165, 1.54) is 39.2 Å². The van der Waals surface area contributed by atoms with Gasteiger partial charge in [-0.3, -0.25) is 0 Å². The molecule has 2 unspecified atom stereocenters. The highest BCUT2D eigenvalue weighted by Gasteiger charge is 2.59. The van der Waals surface area contributed by atoms with Gasteiger partial charge in [-0.25, -0.2) is 14.3 Å². The van der Waals surface area contributed by atoms with Crippen molar-refractivity contribution in [3.63, 3.8) is 0 Å². The molecule has 1 aromatic rings. The van der Waals surface area contributed by atoms with E-state index < -0.39 is 13.9 Å². The molecule has 146 valence electrons. The van der Waals surface area contributed by atoms with Crippen LogP contribution in [0, 0.1) is 29.6 Å². The van der Waals surface area contributed by atoms with Crippen molar-refractivity contribution in [3.05, 3.63) is 29.8 Å². The van der Waals surface area contributed by atoms with Gasteiger partial charge < -0.3 is 0 Å². The molecule has 2 atom stereocenters. The van der Waals surface area contributed by atoms with Crippen LogP contribution in [0.5, 0.6) is 5.75 Å². The van der Waals surface area contributed by atoms with Gasteiger partial charge in [0.2, 0.25) is 0 Å². The molecule has 4 bridgehead atoms. The van der Waals surface area contributed by atoms with Gasteiger partial charge in [-0.15, -0.1) is 4.52 Å². The standard InChI is InChI=1S/C21H28O5P/c1-23-27(22)25-19-6-3-2-5-18(19)21(7-4-8-24-26-21)20-16-10-14-9-15(12-16)13-17(20)11-14/h2-3,5-6,14-17,20H,4,7-13H2,1H3/q+1. The van der Waals surface area contributed by atoms with Crippen molar-refractivity contribution in [2.45, 2.75) is 50.5 Å². The zero-order valence-corrected chi connectivity index (χ0v) is 16.7. The van der Waals surface area contributed by atoms with E-state index in [2.05, 4.69) is 6.07 Å². The van der Waals surface area contributed by atoms with Gasteiger partial charge in [-0.2, -0.15) is 0 Å². The minimum atomic E-state index is -2.19. The zero-order chi connectivity index (χ0) is 18.4. The number of benzene rings is 1. The van der Waals surface area contributed by atoms with Crippen molar-refractivity contribution >= 4 is 8.25 Å². The fourth-order valence-corrected chi connectivity index (χ4v) is 7.26. The number of hydrogen-bond acceptors (Lipinski definition) is 5. The third kappa shape index (κ3) is 3.04. The topological polar surface area (TPSA) is 54.0 Å². The van der Waals surface area contributed by atoms with E-state index in [9.17, 15) is 4.57 Å². The van der Waals surface area contributed by atoms with Crippen LogP contribution in [0.25, 0.3) is 0 Å². The second-order valence-corrected chi connectivity index (χ2v) is 9.84. The summed E-state index contributed by atoms with van der Waals surface area (Å²) < 4.78 is 22.5. The van der Waals surface area contributed by atoms with Crippen LogP contribution in [0.2, 0.25) is 0 Å². The third-order valence-corrected chi connectivity index (χ3v) is 8.06. The van der Waals surface area contributed by atoms with Crippen molar-refractivity contribution in [1.82, 2.24) is 0 Å². The van der Waals surface area contributed by atoms with E-state index in [4.69, 9.17) is 18.8 Å². The molecule has 6 rings (SSSR count). The second-order valence-electron chi connectivity index (χ2n) is 8.85. The van der Waals surface area contributed by atoms with E-state index in [1.54, 1.807) is 0 Å². The lowest BCUT2D eigenvalue weighted by molar-refractivity contribution is -0.414. The molecular weight excluding hydrogens is 363 g/mol. The Morgan fingerprint density at radius 2 is 1.78 bits per heavy atom. The smallest absolute Gasteiger partial charge is 0.236 e. The van der Waals surface area contributed by atoms with Crippen LogP contribution in [0.1, 0.15) is 50.5 Å². The molecule has 5 aliphatic rings. The monoisotopic (exact) mass is 391 g/mol. The minimum Gasteiger partial charge on any atom is -0.236 e. The predicted molar refractivity (Wildman–Crippen MR) is 100 cm³/mol. The normalized spacial score (nSPS) is 40.8. The second kappa shape index (κ2) is 7.11. The van der Waals surface area contributed by atoms with Crippen molar-refractivity contribution in [1.29, 1.82) is 0 Å². The summed E-state index contributed by atoms with van der Waals surface area (Å²) in [5.41, 5.74) is 0.462. The van der Waals surface area contributed by atoms with E-state index in [0.717, 1.165) is 30.2 Å². The Morgan fingerprint density at radius 3 is 2.41 bits per heavy atom. The number of hydrogen-bond donors (Lipinski definition) is 0. The molecule has 27 heavy (non-hydrogen) atoms. The highest BCUT2D eigenvalue weighted by atomic mass is 31.1. The maximum absolute atomic E-state index is 12.0. The molecule has 4 saturated carbocycles. The average Bonchev–Trinajstić information content (AvgIpc) is 2.68. The molecule has 5 fully saturated rings. The molecule has 0 aromatic heterocycles. The largest absolute Gasteiger partial charge is 0.749 e. The molecule has 0 amide bonds. The fraction of sp³-hybridized carbons (Fsp3) is 0.714. The molecule has 1 heterocycles.